The van der Waals surface area contributed by atoms with E-state index in [9.17, 15) is 0 Å². The number of aromatic nitrogens is 4. The summed E-state index contributed by atoms with van der Waals surface area (Å²) in [5.74, 6) is 2.45. The normalized spacial score (nSPS) is 21.1. The van der Waals surface area contributed by atoms with Crippen LogP contribution < -0.4 is 10.1 Å². The van der Waals surface area contributed by atoms with E-state index in [4.69, 9.17) is 9.72 Å². The highest BCUT2D eigenvalue weighted by atomic mass is 32.2. The van der Waals surface area contributed by atoms with Gasteiger partial charge in [-0.1, -0.05) is 6.07 Å². The maximum absolute atomic E-state index is 5.95. The lowest BCUT2D eigenvalue weighted by molar-refractivity contribution is 0.285. The number of nitrogens with zero attached hydrogens (tertiary/aromatic N) is 4. The summed E-state index contributed by atoms with van der Waals surface area (Å²) >= 11 is 0. The molecule has 2 fully saturated rings. The lowest BCUT2D eigenvalue weighted by Gasteiger charge is -2.07. The number of thiazole rings is 1. The fourth-order valence-corrected chi connectivity index (χ4v) is 6.58. The summed E-state index contributed by atoms with van der Waals surface area (Å²) in [4.78, 5) is 19.3. The number of hydrogen-bond donors (Lipinski definition) is 1. The number of rotatable bonds is 8. The molecule has 29 heavy (non-hydrogen) atoms. The zero-order valence-electron chi connectivity index (χ0n) is 16.8. The number of ether oxygens (including phenoxy) is 1. The summed E-state index contributed by atoms with van der Waals surface area (Å²) in [6.45, 7) is 5.75. The van der Waals surface area contributed by atoms with Gasteiger partial charge < -0.3 is 10.1 Å². The van der Waals surface area contributed by atoms with Crippen LogP contribution in [0.2, 0.25) is 0 Å². The Kier molecular flexibility index (Phi) is 4.91. The highest BCUT2D eigenvalue weighted by Crippen LogP contribution is 2.54. The fraction of sp³-hybridized carbons (Fsp3) is 0.455. The molecule has 3 atom stereocenters. The highest BCUT2D eigenvalue weighted by molar-refractivity contribution is 7.32. The third-order valence-electron chi connectivity index (χ3n) is 5.68. The summed E-state index contributed by atoms with van der Waals surface area (Å²) < 4.78 is 5.95. The molecule has 3 aromatic rings. The van der Waals surface area contributed by atoms with E-state index in [-0.39, 0.29) is 10.5 Å². The second-order valence-electron chi connectivity index (χ2n) is 7.94. The molecule has 0 amide bonds. The van der Waals surface area contributed by atoms with Crippen molar-refractivity contribution in [1.82, 2.24) is 19.9 Å². The Morgan fingerprint density at radius 3 is 2.86 bits per heavy atom. The van der Waals surface area contributed by atoms with Crippen LogP contribution in [0.3, 0.4) is 0 Å². The van der Waals surface area contributed by atoms with Gasteiger partial charge in [0, 0.05) is 60.0 Å². The van der Waals surface area contributed by atoms with Crippen molar-refractivity contribution < 1.29 is 4.74 Å². The monoisotopic (exact) mass is 408 g/mol. The standard InChI is InChI=1S/C22H26N5OS/c1-14-20(29(15(2)27-14)17-6-7-17)11-24-21-10-22(26-13-25-21)28-12-16-9-18(16)19-5-3-4-8-23-19/h3-5,8,10,13,16-18H,6-7,9,11-12H2,1-2H3,(H,24,25,26)/q+1. The van der Waals surface area contributed by atoms with Gasteiger partial charge in [0.15, 0.2) is 4.88 Å². The van der Waals surface area contributed by atoms with Crippen LogP contribution in [0.15, 0.2) is 36.8 Å². The Balaban J connectivity index is 1.18. The number of anilines is 1. The van der Waals surface area contributed by atoms with Gasteiger partial charge in [-0.15, -0.1) is 0 Å². The smallest absolute Gasteiger partial charge is 0.239 e. The van der Waals surface area contributed by atoms with E-state index in [0.29, 0.717) is 24.3 Å². The average molecular weight is 409 g/mol. The van der Waals surface area contributed by atoms with Crippen molar-refractivity contribution in [2.24, 2.45) is 5.92 Å². The fourth-order valence-electron chi connectivity index (χ4n) is 3.90. The van der Waals surface area contributed by atoms with Crippen LogP contribution in [0.5, 0.6) is 5.88 Å². The molecular weight excluding hydrogens is 382 g/mol. The van der Waals surface area contributed by atoms with E-state index < -0.39 is 0 Å². The summed E-state index contributed by atoms with van der Waals surface area (Å²) in [5.41, 5.74) is 2.33. The Labute approximate surface area is 173 Å². The zero-order chi connectivity index (χ0) is 19.8. The number of nitrogens with one attached hydrogen (secondary N) is 1. The van der Waals surface area contributed by atoms with Crippen LogP contribution in [-0.4, -0.2) is 26.5 Å². The molecular formula is C22H26N5OS+. The van der Waals surface area contributed by atoms with Crippen molar-refractivity contribution >= 4 is 16.3 Å². The van der Waals surface area contributed by atoms with Crippen LogP contribution >= 0.6 is 10.5 Å². The molecule has 150 valence electrons. The van der Waals surface area contributed by atoms with Gasteiger partial charge in [-0.3, -0.25) is 4.98 Å². The van der Waals surface area contributed by atoms with Crippen LogP contribution in [0.4, 0.5) is 5.82 Å². The molecule has 7 heteroatoms. The molecule has 2 saturated carbocycles. The second kappa shape index (κ2) is 7.71. The van der Waals surface area contributed by atoms with Gasteiger partial charge >= 0.3 is 0 Å². The third-order valence-corrected chi connectivity index (χ3v) is 8.51. The van der Waals surface area contributed by atoms with Crippen LogP contribution in [0.25, 0.3) is 0 Å². The summed E-state index contributed by atoms with van der Waals surface area (Å²) in [6, 6.07) is 7.99. The van der Waals surface area contributed by atoms with Crippen molar-refractivity contribution in [3.8, 4) is 5.88 Å². The molecule has 0 aliphatic heterocycles. The molecule has 0 saturated heterocycles. The summed E-state index contributed by atoms with van der Waals surface area (Å²) in [7, 11) is 0.203. The van der Waals surface area contributed by atoms with Gasteiger partial charge in [-0.2, -0.15) is 0 Å². The number of aryl methyl sites for hydroxylation is 2. The maximum atomic E-state index is 5.95. The van der Waals surface area contributed by atoms with E-state index in [1.54, 1.807) is 6.33 Å². The SMILES string of the molecule is Cc1nc(C)[s+](C2CC2)c1CNc1cc(OCC2CC2c2ccccn2)ncn1. The minimum absolute atomic E-state index is 0.203. The quantitative estimate of drug-likeness (QED) is 0.542. The zero-order valence-corrected chi connectivity index (χ0v) is 17.7. The van der Waals surface area contributed by atoms with E-state index in [1.807, 2.05) is 24.4 Å². The van der Waals surface area contributed by atoms with Crippen molar-refractivity contribution in [2.75, 3.05) is 11.9 Å². The molecule has 3 aromatic heterocycles. The molecule has 0 bridgehead atoms. The van der Waals surface area contributed by atoms with Crippen LogP contribution in [0, 0.1) is 19.8 Å². The lowest BCUT2D eigenvalue weighted by atomic mass is 10.2. The minimum atomic E-state index is 0.203. The van der Waals surface area contributed by atoms with E-state index in [1.165, 1.54) is 28.4 Å². The molecule has 0 spiro atoms. The van der Waals surface area contributed by atoms with Gasteiger partial charge in [0.05, 0.1) is 18.8 Å². The predicted molar refractivity (Wildman–Crippen MR) is 114 cm³/mol. The van der Waals surface area contributed by atoms with E-state index >= 15 is 0 Å². The number of pyridine rings is 1. The van der Waals surface area contributed by atoms with Crippen molar-refractivity contribution in [3.05, 3.63) is 58.1 Å². The van der Waals surface area contributed by atoms with Crippen molar-refractivity contribution in [1.29, 1.82) is 0 Å². The molecule has 2 aliphatic carbocycles. The molecule has 3 heterocycles. The third kappa shape index (κ3) is 4.10. The molecule has 5 rings (SSSR count). The minimum Gasteiger partial charge on any atom is -0.477 e. The summed E-state index contributed by atoms with van der Waals surface area (Å²) in [5, 5.41) is 5.56. The van der Waals surface area contributed by atoms with E-state index in [0.717, 1.165) is 29.7 Å². The predicted octanol–water partition coefficient (Wildman–Crippen LogP) is 4.76. The number of hydrogen-bond acceptors (Lipinski definition) is 6. The first-order valence-electron chi connectivity index (χ1n) is 10.3. The van der Waals surface area contributed by atoms with Gasteiger partial charge in [-0.25, -0.2) is 15.0 Å². The van der Waals surface area contributed by atoms with E-state index in [2.05, 4.69) is 40.2 Å². The summed E-state index contributed by atoms with van der Waals surface area (Å²) in [6.07, 6.45) is 7.22. The molecule has 3 unspecified atom stereocenters. The first-order valence-corrected chi connectivity index (χ1v) is 11.6. The molecule has 6 nitrogen and oxygen atoms in total. The molecule has 0 aromatic carbocycles. The molecule has 0 radical (unpaired) electrons. The average Bonchev–Trinajstić information content (AvgIpc) is 3.65. The van der Waals surface area contributed by atoms with Crippen LogP contribution in [-0.2, 0) is 6.54 Å². The van der Waals surface area contributed by atoms with Gasteiger partial charge in [0.2, 0.25) is 10.9 Å². The lowest BCUT2D eigenvalue weighted by Crippen LogP contribution is -2.06. The molecule has 2 aliphatic rings. The molecule has 1 N–H and O–H groups in total. The van der Waals surface area contributed by atoms with Crippen LogP contribution in [0.1, 0.15) is 51.7 Å². The Hall–Kier alpha value is -2.54. The van der Waals surface area contributed by atoms with Gasteiger partial charge in [0.25, 0.3) is 0 Å². The van der Waals surface area contributed by atoms with Gasteiger partial charge in [0.1, 0.15) is 17.4 Å². The first kappa shape index (κ1) is 18.5. The topological polar surface area (TPSA) is 72.8 Å². The first-order chi connectivity index (χ1) is 14.2. The van der Waals surface area contributed by atoms with Gasteiger partial charge in [-0.05, 0) is 25.5 Å². The van der Waals surface area contributed by atoms with Crippen molar-refractivity contribution in [2.45, 2.75) is 50.8 Å². The Morgan fingerprint density at radius 2 is 2.07 bits per heavy atom. The van der Waals surface area contributed by atoms with Crippen molar-refractivity contribution in [3.63, 3.8) is 0 Å². The largest absolute Gasteiger partial charge is 0.477 e. The maximum Gasteiger partial charge on any atom is 0.239 e. The highest BCUT2D eigenvalue weighted by Gasteiger charge is 2.40. The Bertz CT molecular complexity index is 1000. The Morgan fingerprint density at radius 1 is 1.17 bits per heavy atom. The second-order valence-corrected chi connectivity index (χ2v) is 10.4.